The van der Waals surface area contributed by atoms with E-state index in [2.05, 4.69) is 23.5 Å². The van der Waals surface area contributed by atoms with Crippen LogP contribution >= 0.6 is 11.6 Å². The van der Waals surface area contributed by atoms with Gasteiger partial charge >= 0.3 is 0 Å². The minimum Gasteiger partial charge on any atom is -0.454 e. The number of benzene rings is 2. The van der Waals surface area contributed by atoms with Crippen molar-refractivity contribution < 1.29 is 4.42 Å². The molecule has 0 saturated carbocycles. The predicted octanol–water partition coefficient (Wildman–Crippen LogP) is 4.68. The van der Waals surface area contributed by atoms with Gasteiger partial charge in [-0.05, 0) is 41.1 Å². The molecule has 1 aliphatic rings. The summed E-state index contributed by atoms with van der Waals surface area (Å²) in [6.07, 6.45) is 4.07. The van der Waals surface area contributed by atoms with E-state index in [1.54, 1.807) is 0 Å². The third kappa shape index (κ3) is 1.36. The number of halogens is 1. The first-order chi connectivity index (χ1) is 8.81. The smallest absolute Gasteiger partial charge is 0.151 e. The molecule has 2 nitrogen and oxygen atoms in total. The van der Waals surface area contributed by atoms with Gasteiger partial charge in [-0.2, -0.15) is 0 Å². The summed E-state index contributed by atoms with van der Waals surface area (Å²) in [5, 5.41) is 7.50. The summed E-state index contributed by atoms with van der Waals surface area (Å²) < 4.78 is 5.85. The number of nitrogens with one attached hydrogen (secondary N) is 1. The Morgan fingerprint density at radius 1 is 1.11 bits per heavy atom. The van der Waals surface area contributed by atoms with Crippen molar-refractivity contribution in [3.05, 3.63) is 47.2 Å². The van der Waals surface area contributed by atoms with Gasteiger partial charge in [-0.3, -0.25) is 0 Å². The van der Waals surface area contributed by atoms with E-state index in [1.165, 1.54) is 0 Å². The Hall–Kier alpha value is -1.93. The van der Waals surface area contributed by atoms with Gasteiger partial charge in [0.15, 0.2) is 5.76 Å². The maximum atomic E-state index is 6.04. The van der Waals surface area contributed by atoms with Crippen LogP contribution in [0, 0.1) is 0 Å². The van der Waals surface area contributed by atoms with Crippen LogP contribution in [-0.4, -0.2) is 6.54 Å². The van der Waals surface area contributed by atoms with Crippen LogP contribution in [0.1, 0.15) is 5.76 Å². The molecular weight excluding hydrogens is 246 g/mol. The highest BCUT2D eigenvalue weighted by Gasteiger charge is 2.14. The van der Waals surface area contributed by atoms with Crippen LogP contribution in [-0.2, 0) is 0 Å². The lowest BCUT2D eigenvalue weighted by molar-refractivity contribution is 0.604. The minimum atomic E-state index is 0.757. The van der Waals surface area contributed by atoms with Gasteiger partial charge in [0.25, 0.3) is 0 Å². The van der Waals surface area contributed by atoms with Crippen molar-refractivity contribution in [2.75, 3.05) is 11.9 Å². The molecule has 0 unspecified atom stereocenters. The molecule has 0 aliphatic carbocycles. The van der Waals surface area contributed by atoms with Crippen molar-refractivity contribution in [2.24, 2.45) is 0 Å². The van der Waals surface area contributed by atoms with Gasteiger partial charge < -0.3 is 9.73 Å². The van der Waals surface area contributed by atoms with Crippen LogP contribution in [0.5, 0.6) is 0 Å². The van der Waals surface area contributed by atoms with Crippen molar-refractivity contribution in [3.8, 4) is 0 Å². The van der Waals surface area contributed by atoms with Gasteiger partial charge in [-0.1, -0.05) is 23.7 Å². The molecule has 0 bridgehead atoms. The normalized spacial score (nSPS) is 13.8. The fourth-order valence-corrected chi connectivity index (χ4v) is 2.64. The van der Waals surface area contributed by atoms with E-state index in [0.29, 0.717) is 0 Å². The summed E-state index contributed by atoms with van der Waals surface area (Å²) in [6.45, 7) is 0.842. The molecule has 0 spiro atoms. The molecule has 1 N–H and O–H groups in total. The SMILES string of the molecule is Clc1ccc2cc3oc4c(c3cc2c1)NCC=C4. The maximum absolute atomic E-state index is 6.04. The summed E-state index contributed by atoms with van der Waals surface area (Å²) in [7, 11) is 0. The molecule has 18 heavy (non-hydrogen) atoms. The fraction of sp³-hybridized carbons (Fsp3) is 0.0667. The van der Waals surface area contributed by atoms with Crippen molar-refractivity contribution in [1.82, 2.24) is 0 Å². The van der Waals surface area contributed by atoms with E-state index in [-0.39, 0.29) is 0 Å². The Kier molecular flexibility index (Phi) is 1.97. The Balaban J connectivity index is 2.13. The number of rotatable bonds is 0. The van der Waals surface area contributed by atoms with Crippen LogP contribution in [0.25, 0.3) is 27.8 Å². The monoisotopic (exact) mass is 255 g/mol. The van der Waals surface area contributed by atoms with Gasteiger partial charge in [0, 0.05) is 17.0 Å². The van der Waals surface area contributed by atoms with Gasteiger partial charge in [0.1, 0.15) is 5.58 Å². The lowest BCUT2D eigenvalue weighted by Crippen LogP contribution is -2.01. The van der Waals surface area contributed by atoms with Crippen LogP contribution < -0.4 is 5.32 Å². The highest BCUT2D eigenvalue weighted by molar-refractivity contribution is 6.31. The Bertz CT molecular complexity index is 801. The van der Waals surface area contributed by atoms with E-state index < -0.39 is 0 Å². The van der Waals surface area contributed by atoms with Crippen LogP contribution in [0.15, 0.2) is 40.8 Å². The Labute approximate surface area is 109 Å². The molecule has 3 aromatic rings. The molecule has 88 valence electrons. The molecule has 3 heteroatoms. The molecular formula is C15H10ClNO. The van der Waals surface area contributed by atoms with E-state index >= 15 is 0 Å². The van der Waals surface area contributed by atoms with E-state index in [1.807, 2.05) is 24.3 Å². The average Bonchev–Trinajstić information content (AvgIpc) is 2.74. The molecule has 0 amide bonds. The van der Waals surface area contributed by atoms with Crippen LogP contribution in [0.4, 0.5) is 5.69 Å². The van der Waals surface area contributed by atoms with E-state index in [0.717, 1.165) is 44.8 Å². The fourth-order valence-electron chi connectivity index (χ4n) is 2.46. The van der Waals surface area contributed by atoms with Crippen LogP contribution in [0.2, 0.25) is 5.02 Å². The summed E-state index contributed by atoms with van der Waals surface area (Å²) in [6, 6.07) is 10.1. The molecule has 0 fully saturated rings. The third-order valence-corrected chi connectivity index (χ3v) is 3.54. The van der Waals surface area contributed by atoms with Crippen molar-refractivity contribution >= 4 is 45.1 Å². The van der Waals surface area contributed by atoms with E-state index in [4.69, 9.17) is 16.0 Å². The second-order valence-corrected chi connectivity index (χ2v) is 4.90. The number of fused-ring (bicyclic) bond motifs is 4. The first-order valence-corrected chi connectivity index (χ1v) is 6.25. The highest BCUT2D eigenvalue weighted by atomic mass is 35.5. The summed E-state index contributed by atoms with van der Waals surface area (Å²) >= 11 is 6.04. The lowest BCUT2D eigenvalue weighted by Gasteiger charge is -2.06. The van der Waals surface area contributed by atoms with Crippen molar-refractivity contribution in [3.63, 3.8) is 0 Å². The highest BCUT2D eigenvalue weighted by Crippen LogP contribution is 2.36. The minimum absolute atomic E-state index is 0.757. The number of anilines is 1. The molecule has 0 saturated heterocycles. The molecule has 4 rings (SSSR count). The quantitative estimate of drug-likeness (QED) is 0.631. The lowest BCUT2D eigenvalue weighted by atomic mass is 10.1. The summed E-state index contributed by atoms with van der Waals surface area (Å²) in [5.74, 6) is 0.901. The number of hydrogen-bond acceptors (Lipinski definition) is 2. The van der Waals surface area contributed by atoms with Gasteiger partial charge in [-0.25, -0.2) is 0 Å². The van der Waals surface area contributed by atoms with Gasteiger partial charge in [-0.15, -0.1) is 0 Å². The predicted molar refractivity (Wildman–Crippen MR) is 76.3 cm³/mol. The van der Waals surface area contributed by atoms with Crippen molar-refractivity contribution in [2.45, 2.75) is 0 Å². The first kappa shape index (κ1) is 10.0. The zero-order valence-electron chi connectivity index (χ0n) is 9.53. The Morgan fingerprint density at radius 3 is 3.00 bits per heavy atom. The zero-order chi connectivity index (χ0) is 12.1. The summed E-state index contributed by atoms with van der Waals surface area (Å²) in [5.41, 5.74) is 1.99. The van der Waals surface area contributed by atoms with Gasteiger partial charge in [0.2, 0.25) is 0 Å². The first-order valence-electron chi connectivity index (χ1n) is 5.87. The molecule has 0 atom stereocenters. The Morgan fingerprint density at radius 2 is 2.06 bits per heavy atom. The standard InChI is InChI=1S/C15H10ClNO/c16-11-4-3-9-8-14-12(7-10(9)6-11)15-13(18-14)2-1-5-17-15/h1-4,6-8,17H,5H2. The summed E-state index contributed by atoms with van der Waals surface area (Å²) in [4.78, 5) is 0. The largest absolute Gasteiger partial charge is 0.454 e. The zero-order valence-corrected chi connectivity index (χ0v) is 10.3. The molecule has 0 radical (unpaired) electrons. The molecule has 2 aromatic carbocycles. The number of furan rings is 1. The van der Waals surface area contributed by atoms with E-state index in [9.17, 15) is 0 Å². The average molecular weight is 256 g/mol. The third-order valence-electron chi connectivity index (χ3n) is 3.30. The maximum Gasteiger partial charge on any atom is 0.151 e. The molecule has 1 aliphatic heterocycles. The van der Waals surface area contributed by atoms with Crippen molar-refractivity contribution in [1.29, 1.82) is 0 Å². The molecule has 1 aromatic heterocycles. The van der Waals surface area contributed by atoms with Crippen LogP contribution in [0.3, 0.4) is 0 Å². The topological polar surface area (TPSA) is 25.2 Å². The second-order valence-electron chi connectivity index (χ2n) is 4.46. The molecule has 2 heterocycles. The van der Waals surface area contributed by atoms with Gasteiger partial charge in [0.05, 0.1) is 5.69 Å². The number of hydrogen-bond donors (Lipinski definition) is 1. The second kappa shape index (κ2) is 3.53.